The summed E-state index contributed by atoms with van der Waals surface area (Å²) in [5, 5.41) is 15.2. The molecular formula is C12H9ClN4O2. The standard InChI is InChI=1S/C12H9ClN4O2/c13-10-4-2-1-3-9(10)7-15-16-12(18)11-8-17(19)6-5-14-11/h1-8H,(H,16,18)/b15-7+. The zero-order valence-electron chi connectivity index (χ0n) is 9.65. The summed E-state index contributed by atoms with van der Waals surface area (Å²) < 4.78 is 0.486. The van der Waals surface area contributed by atoms with Gasteiger partial charge in [0, 0.05) is 10.6 Å². The fourth-order valence-electron chi connectivity index (χ4n) is 1.29. The summed E-state index contributed by atoms with van der Waals surface area (Å²) in [4.78, 5) is 15.3. The number of aromatic nitrogens is 2. The molecule has 2 rings (SSSR count). The van der Waals surface area contributed by atoms with Crippen LogP contribution in [0.2, 0.25) is 5.02 Å². The Labute approximate surface area is 113 Å². The van der Waals surface area contributed by atoms with Crippen molar-refractivity contribution in [3.8, 4) is 0 Å². The van der Waals surface area contributed by atoms with Crippen molar-refractivity contribution in [3.63, 3.8) is 0 Å². The van der Waals surface area contributed by atoms with Crippen molar-refractivity contribution in [2.75, 3.05) is 0 Å². The number of nitrogens with zero attached hydrogens (tertiary/aromatic N) is 3. The van der Waals surface area contributed by atoms with E-state index < -0.39 is 5.91 Å². The monoisotopic (exact) mass is 276 g/mol. The van der Waals surface area contributed by atoms with Gasteiger partial charge in [0.25, 0.3) is 5.91 Å². The van der Waals surface area contributed by atoms with Crippen LogP contribution in [-0.2, 0) is 0 Å². The topological polar surface area (TPSA) is 81.3 Å². The molecule has 96 valence electrons. The number of carbonyl (C=O) groups excluding carboxylic acids is 1. The minimum atomic E-state index is -0.575. The van der Waals surface area contributed by atoms with Crippen LogP contribution in [0.1, 0.15) is 16.1 Å². The van der Waals surface area contributed by atoms with Crippen molar-refractivity contribution < 1.29 is 9.52 Å². The Bertz CT molecular complexity index is 631. The van der Waals surface area contributed by atoms with Crippen LogP contribution in [0.5, 0.6) is 0 Å². The molecule has 1 aromatic heterocycles. The first kappa shape index (κ1) is 13.0. The predicted molar refractivity (Wildman–Crippen MR) is 69.7 cm³/mol. The molecule has 0 aliphatic rings. The molecule has 1 amide bonds. The number of halogens is 1. The maximum absolute atomic E-state index is 11.6. The average molecular weight is 277 g/mol. The number of hydrogen-bond donors (Lipinski definition) is 1. The molecule has 0 saturated carbocycles. The van der Waals surface area contributed by atoms with Crippen LogP contribution in [0.25, 0.3) is 0 Å². The molecule has 1 aromatic carbocycles. The van der Waals surface area contributed by atoms with E-state index in [1.165, 1.54) is 18.6 Å². The van der Waals surface area contributed by atoms with Crippen LogP contribution in [0.4, 0.5) is 0 Å². The summed E-state index contributed by atoms with van der Waals surface area (Å²) in [5.41, 5.74) is 2.91. The van der Waals surface area contributed by atoms with Gasteiger partial charge in [-0.1, -0.05) is 29.8 Å². The summed E-state index contributed by atoms with van der Waals surface area (Å²) in [6, 6.07) is 7.06. The van der Waals surface area contributed by atoms with E-state index in [0.717, 1.165) is 6.20 Å². The Morgan fingerprint density at radius 3 is 3.00 bits per heavy atom. The molecule has 0 saturated heterocycles. The summed E-state index contributed by atoms with van der Waals surface area (Å²) >= 11 is 5.92. The second-order valence-electron chi connectivity index (χ2n) is 3.52. The molecule has 0 spiro atoms. The molecule has 2 aromatic rings. The van der Waals surface area contributed by atoms with Crippen molar-refractivity contribution >= 4 is 23.7 Å². The van der Waals surface area contributed by atoms with E-state index in [9.17, 15) is 10.0 Å². The van der Waals surface area contributed by atoms with Gasteiger partial charge in [-0.15, -0.1) is 0 Å². The molecule has 0 aliphatic carbocycles. The maximum atomic E-state index is 11.6. The van der Waals surface area contributed by atoms with Crippen molar-refractivity contribution in [3.05, 3.63) is 64.3 Å². The molecule has 19 heavy (non-hydrogen) atoms. The molecular weight excluding hydrogens is 268 g/mol. The van der Waals surface area contributed by atoms with E-state index in [0.29, 0.717) is 15.3 Å². The van der Waals surface area contributed by atoms with Crippen molar-refractivity contribution in [1.29, 1.82) is 0 Å². The number of rotatable bonds is 3. The van der Waals surface area contributed by atoms with Gasteiger partial charge in [0.05, 0.1) is 12.4 Å². The third kappa shape index (κ3) is 3.49. The third-order valence-corrected chi connectivity index (χ3v) is 2.53. The lowest BCUT2D eigenvalue weighted by Gasteiger charge is -1.99. The van der Waals surface area contributed by atoms with Gasteiger partial charge in [0.15, 0.2) is 11.9 Å². The van der Waals surface area contributed by atoms with Crippen molar-refractivity contribution in [1.82, 2.24) is 10.4 Å². The van der Waals surface area contributed by atoms with Gasteiger partial charge in [-0.05, 0) is 6.07 Å². The van der Waals surface area contributed by atoms with Crippen LogP contribution in [-0.4, -0.2) is 17.1 Å². The third-order valence-electron chi connectivity index (χ3n) is 2.18. The normalized spacial score (nSPS) is 10.6. The lowest BCUT2D eigenvalue weighted by atomic mass is 10.2. The van der Waals surface area contributed by atoms with E-state index in [2.05, 4.69) is 15.5 Å². The lowest BCUT2D eigenvalue weighted by Crippen LogP contribution is -2.29. The second kappa shape index (κ2) is 5.92. The first-order chi connectivity index (χ1) is 9.16. The van der Waals surface area contributed by atoms with Gasteiger partial charge in [-0.3, -0.25) is 4.79 Å². The summed E-state index contributed by atoms with van der Waals surface area (Å²) in [5.74, 6) is -0.575. The number of hydrogen-bond acceptors (Lipinski definition) is 4. The molecule has 6 nitrogen and oxygen atoms in total. The lowest BCUT2D eigenvalue weighted by molar-refractivity contribution is -0.606. The fourth-order valence-corrected chi connectivity index (χ4v) is 1.48. The Hall–Kier alpha value is -2.47. The number of benzene rings is 1. The Balaban J connectivity index is 2.03. The molecule has 7 heteroatoms. The van der Waals surface area contributed by atoms with Crippen LogP contribution < -0.4 is 10.2 Å². The molecule has 1 N–H and O–H groups in total. The predicted octanol–water partition coefficient (Wildman–Crippen LogP) is 1.13. The molecule has 0 bridgehead atoms. The summed E-state index contributed by atoms with van der Waals surface area (Å²) in [6.45, 7) is 0. The average Bonchev–Trinajstić information content (AvgIpc) is 2.41. The highest BCUT2D eigenvalue weighted by Gasteiger charge is 2.08. The SMILES string of the molecule is O=C(N/N=C/c1ccccc1Cl)c1c[n+]([O-])ccn1. The molecule has 0 unspecified atom stereocenters. The van der Waals surface area contributed by atoms with Crippen molar-refractivity contribution in [2.24, 2.45) is 5.10 Å². The Kier molecular flexibility index (Phi) is 4.04. The van der Waals surface area contributed by atoms with Gasteiger partial charge in [-0.2, -0.15) is 9.83 Å². The molecule has 0 aliphatic heterocycles. The van der Waals surface area contributed by atoms with E-state index >= 15 is 0 Å². The largest absolute Gasteiger partial charge is 0.619 e. The van der Waals surface area contributed by atoms with Gasteiger partial charge in [0.2, 0.25) is 6.20 Å². The van der Waals surface area contributed by atoms with Crippen LogP contribution in [0.15, 0.2) is 48.0 Å². The number of amides is 1. The Morgan fingerprint density at radius 2 is 2.26 bits per heavy atom. The second-order valence-corrected chi connectivity index (χ2v) is 3.93. The van der Waals surface area contributed by atoms with Gasteiger partial charge in [-0.25, -0.2) is 10.4 Å². The van der Waals surface area contributed by atoms with Crippen LogP contribution in [0.3, 0.4) is 0 Å². The maximum Gasteiger partial charge on any atom is 0.296 e. The zero-order valence-corrected chi connectivity index (χ0v) is 10.4. The Morgan fingerprint density at radius 1 is 1.47 bits per heavy atom. The quantitative estimate of drug-likeness (QED) is 0.395. The van der Waals surface area contributed by atoms with Gasteiger partial charge < -0.3 is 5.21 Å². The summed E-state index contributed by atoms with van der Waals surface area (Å²) in [7, 11) is 0. The number of carbonyl (C=O) groups is 1. The van der Waals surface area contributed by atoms with E-state index in [1.807, 2.05) is 0 Å². The van der Waals surface area contributed by atoms with E-state index in [4.69, 9.17) is 11.6 Å². The minimum Gasteiger partial charge on any atom is -0.619 e. The van der Waals surface area contributed by atoms with Gasteiger partial charge >= 0.3 is 0 Å². The highest BCUT2D eigenvalue weighted by Crippen LogP contribution is 2.11. The first-order valence-corrected chi connectivity index (χ1v) is 5.67. The highest BCUT2D eigenvalue weighted by atomic mass is 35.5. The number of hydrazone groups is 1. The molecule has 1 heterocycles. The first-order valence-electron chi connectivity index (χ1n) is 5.29. The van der Waals surface area contributed by atoms with Crippen LogP contribution >= 0.6 is 11.6 Å². The summed E-state index contributed by atoms with van der Waals surface area (Å²) in [6.07, 6.45) is 4.89. The fraction of sp³-hybridized carbons (Fsp3) is 0. The highest BCUT2D eigenvalue weighted by molar-refractivity contribution is 6.33. The minimum absolute atomic E-state index is 0.0196. The molecule has 0 atom stereocenters. The smallest absolute Gasteiger partial charge is 0.296 e. The molecule has 0 fully saturated rings. The number of nitrogens with one attached hydrogen (secondary N) is 1. The van der Waals surface area contributed by atoms with E-state index in [1.54, 1.807) is 24.3 Å². The van der Waals surface area contributed by atoms with Crippen molar-refractivity contribution in [2.45, 2.75) is 0 Å². The van der Waals surface area contributed by atoms with Crippen LogP contribution in [0, 0.1) is 5.21 Å². The zero-order chi connectivity index (χ0) is 13.7. The van der Waals surface area contributed by atoms with Gasteiger partial charge in [0.1, 0.15) is 0 Å². The van der Waals surface area contributed by atoms with E-state index in [-0.39, 0.29) is 5.69 Å². The molecule has 0 radical (unpaired) electrons.